The van der Waals surface area contributed by atoms with E-state index in [1.165, 1.54) is 28.8 Å². The average Bonchev–Trinajstić information content (AvgIpc) is 3.55. The third kappa shape index (κ3) is 6.24. The lowest BCUT2D eigenvalue weighted by Gasteiger charge is -2.43. The summed E-state index contributed by atoms with van der Waals surface area (Å²) in [5.74, 6) is 1.38. The third-order valence-corrected chi connectivity index (χ3v) is 14.1. The van der Waals surface area contributed by atoms with Gasteiger partial charge in [-0.1, -0.05) is 99.6 Å². The molecule has 1 unspecified atom stereocenters. The quantitative estimate of drug-likeness (QED) is 0.130. The maximum atomic E-state index is 7.22. The minimum atomic E-state index is -2.56. The minimum absolute atomic E-state index is 0.0343. The summed E-state index contributed by atoms with van der Waals surface area (Å²) in [6.45, 7) is 8.24. The number of methoxy groups -OCH3 is 1. The molecule has 1 aliphatic heterocycles. The third-order valence-electron chi connectivity index (χ3n) is 9.03. The van der Waals surface area contributed by atoms with Crippen molar-refractivity contribution in [2.24, 2.45) is 5.92 Å². The van der Waals surface area contributed by atoms with E-state index < -0.39 is 8.32 Å². The Labute approximate surface area is 247 Å². The Morgan fingerprint density at radius 1 is 0.927 bits per heavy atom. The topological polar surface area (TPSA) is 36.9 Å². The van der Waals surface area contributed by atoms with E-state index in [-0.39, 0.29) is 16.9 Å². The maximum Gasteiger partial charge on any atom is 0.261 e. The van der Waals surface area contributed by atoms with Gasteiger partial charge in [-0.2, -0.15) is 0 Å². The summed E-state index contributed by atoms with van der Waals surface area (Å²) in [5.41, 5.74) is 1.10. The van der Waals surface area contributed by atoms with Gasteiger partial charge in [0.15, 0.2) is 6.29 Å². The Morgan fingerprint density at radius 2 is 1.54 bits per heavy atom. The first-order valence-corrected chi connectivity index (χ1v) is 17.1. The Kier molecular flexibility index (Phi) is 9.50. The lowest BCUT2D eigenvalue weighted by atomic mass is 9.81. The summed E-state index contributed by atoms with van der Waals surface area (Å²) in [5, 5.41) is 2.61. The van der Waals surface area contributed by atoms with E-state index in [1.54, 1.807) is 7.11 Å². The number of hydrogen-bond acceptors (Lipinski definition) is 4. The van der Waals surface area contributed by atoms with Crippen molar-refractivity contribution >= 4 is 18.7 Å². The molecule has 2 aliphatic rings. The molecule has 1 aliphatic carbocycles. The number of benzene rings is 3. The van der Waals surface area contributed by atoms with E-state index >= 15 is 0 Å². The van der Waals surface area contributed by atoms with E-state index in [0.717, 1.165) is 31.4 Å². The Bertz CT molecular complexity index is 1220. The van der Waals surface area contributed by atoms with Crippen LogP contribution in [0.4, 0.5) is 0 Å². The van der Waals surface area contributed by atoms with Crippen LogP contribution in [-0.4, -0.2) is 40.5 Å². The fourth-order valence-electron chi connectivity index (χ4n) is 7.16. The molecule has 1 saturated carbocycles. The summed E-state index contributed by atoms with van der Waals surface area (Å²) >= 11 is 0. The maximum absolute atomic E-state index is 7.22. The van der Waals surface area contributed by atoms with Gasteiger partial charge in [0.2, 0.25) is 0 Å². The first-order valence-electron chi connectivity index (χ1n) is 15.2. The van der Waals surface area contributed by atoms with E-state index in [1.807, 2.05) is 30.3 Å². The monoisotopic (exact) mass is 570 g/mol. The highest BCUT2D eigenvalue weighted by atomic mass is 28.4. The van der Waals surface area contributed by atoms with E-state index in [4.69, 9.17) is 18.6 Å². The molecule has 41 heavy (non-hydrogen) atoms. The van der Waals surface area contributed by atoms with Crippen molar-refractivity contribution in [3.63, 3.8) is 0 Å². The molecule has 4 nitrogen and oxygen atoms in total. The zero-order valence-electron chi connectivity index (χ0n) is 25.2. The van der Waals surface area contributed by atoms with Gasteiger partial charge >= 0.3 is 0 Å². The van der Waals surface area contributed by atoms with E-state index in [0.29, 0.717) is 19.1 Å². The van der Waals surface area contributed by atoms with Crippen molar-refractivity contribution in [2.45, 2.75) is 76.2 Å². The van der Waals surface area contributed by atoms with Crippen molar-refractivity contribution < 1.29 is 18.6 Å². The van der Waals surface area contributed by atoms with E-state index in [9.17, 15) is 0 Å². The number of hydrogen-bond donors (Lipinski definition) is 0. The molecule has 1 heterocycles. The zero-order valence-corrected chi connectivity index (χ0v) is 26.2. The number of fused-ring (bicyclic) bond motifs is 1. The van der Waals surface area contributed by atoms with Crippen molar-refractivity contribution in [2.75, 3.05) is 20.3 Å². The Balaban J connectivity index is 1.38. The highest BCUT2D eigenvalue weighted by Crippen LogP contribution is 2.53. The van der Waals surface area contributed by atoms with Crippen LogP contribution in [0.15, 0.2) is 103 Å². The summed E-state index contributed by atoms with van der Waals surface area (Å²) in [6, 6.07) is 31.9. The highest BCUT2D eigenvalue weighted by Gasteiger charge is 2.54. The van der Waals surface area contributed by atoms with Crippen LogP contribution in [0, 0.1) is 5.92 Å². The molecule has 3 atom stereocenters. The molecule has 0 bridgehead atoms. The van der Waals surface area contributed by atoms with Crippen LogP contribution >= 0.6 is 0 Å². The molecule has 0 spiro atoms. The SMILES string of the molecule is COC1C[C@@H]2CCC[C@]2(/C(=C/COc2ccccc2)CCCO[Si](c2ccccc2)(c2ccccc2)C(C)(C)C)O1. The Hall–Kier alpha value is -2.70. The molecule has 0 amide bonds. The fraction of sp³-hybridized carbons (Fsp3) is 0.444. The molecule has 218 valence electrons. The second kappa shape index (κ2) is 13.1. The molecule has 0 aromatic heterocycles. The lowest BCUT2D eigenvalue weighted by Crippen LogP contribution is -2.66. The molecular formula is C36H46O4Si. The second-order valence-corrected chi connectivity index (χ2v) is 16.8. The first kappa shape index (κ1) is 29.8. The lowest BCUT2D eigenvalue weighted by molar-refractivity contribution is -0.144. The van der Waals surface area contributed by atoms with Crippen molar-refractivity contribution in [3.8, 4) is 5.75 Å². The van der Waals surface area contributed by atoms with Crippen molar-refractivity contribution in [1.82, 2.24) is 0 Å². The second-order valence-electron chi connectivity index (χ2n) is 12.5. The number of para-hydroxylation sites is 1. The van der Waals surface area contributed by atoms with Gasteiger partial charge in [0.1, 0.15) is 12.4 Å². The highest BCUT2D eigenvalue weighted by molar-refractivity contribution is 6.99. The van der Waals surface area contributed by atoms with Crippen LogP contribution in [-0.2, 0) is 13.9 Å². The van der Waals surface area contributed by atoms with Gasteiger partial charge in [-0.25, -0.2) is 0 Å². The van der Waals surface area contributed by atoms with Gasteiger partial charge in [-0.05, 0) is 77.2 Å². The first-order chi connectivity index (χ1) is 19.9. The van der Waals surface area contributed by atoms with Gasteiger partial charge in [0.25, 0.3) is 8.32 Å². The van der Waals surface area contributed by atoms with Gasteiger partial charge < -0.3 is 18.6 Å². The zero-order chi connectivity index (χ0) is 28.8. The van der Waals surface area contributed by atoms with Gasteiger partial charge in [0, 0.05) is 20.1 Å². The fourth-order valence-corrected chi connectivity index (χ4v) is 11.8. The number of ether oxygens (including phenoxy) is 3. The molecule has 0 radical (unpaired) electrons. The summed E-state index contributed by atoms with van der Waals surface area (Å²) in [7, 11) is -0.800. The standard InChI is InChI=1S/C36H46O4Si/c1-35(2,3)41(32-20-10-6-11-21-32,33-22-12-7-13-23-33)39-26-15-17-29(24-27-38-31-18-8-5-9-19-31)36-25-14-16-30(36)28-34(37-4)40-36/h5-13,18-24,30,34H,14-17,25-28H2,1-4H3/b29-24+/t30-,34?,36+/m0/s1. The minimum Gasteiger partial charge on any atom is -0.490 e. The van der Waals surface area contributed by atoms with Gasteiger partial charge in [0.05, 0.1) is 5.60 Å². The molecule has 3 aromatic carbocycles. The Morgan fingerprint density at radius 3 is 2.12 bits per heavy atom. The average molecular weight is 571 g/mol. The van der Waals surface area contributed by atoms with Gasteiger partial charge in [-0.3, -0.25) is 0 Å². The predicted octanol–water partition coefficient (Wildman–Crippen LogP) is 7.28. The smallest absolute Gasteiger partial charge is 0.261 e. The van der Waals surface area contributed by atoms with Crippen LogP contribution in [0.2, 0.25) is 5.04 Å². The van der Waals surface area contributed by atoms with Crippen LogP contribution in [0.1, 0.15) is 59.3 Å². The molecule has 2 fully saturated rings. The summed E-state index contributed by atoms with van der Waals surface area (Å²) in [6.07, 6.45) is 8.39. The summed E-state index contributed by atoms with van der Waals surface area (Å²) in [4.78, 5) is 0. The van der Waals surface area contributed by atoms with Crippen LogP contribution in [0.25, 0.3) is 0 Å². The van der Waals surface area contributed by atoms with Crippen LogP contribution in [0.5, 0.6) is 5.75 Å². The van der Waals surface area contributed by atoms with Crippen molar-refractivity contribution in [1.29, 1.82) is 0 Å². The normalized spacial score (nSPS) is 23.0. The van der Waals surface area contributed by atoms with Crippen LogP contribution < -0.4 is 15.1 Å². The summed E-state index contributed by atoms with van der Waals surface area (Å²) < 4.78 is 25.7. The molecular weight excluding hydrogens is 524 g/mol. The van der Waals surface area contributed by atoms with Gasteiger partial charge in [-0.15, -0.1) is 0 Å². The number of rotatable bonds is 12. The van der Waals surface area contributed by atoms with Crippen molar-refractivity contribution in [3.05, 3.63) is 103 Å². The largest absolute Gasteiger partial charge is 0.490 e. The molecule has 1 saturated heterocycles. The molecule has 3 aromatic rings. The predicted molar refractivity (Wildman–Crippen MR) is 169 cm³/mol. The van der Waals surface area contributed by atoms with Crippen LogP contribution in [0.3, 0.4) is 0 Å². The molecule has 5 heteroatoms. The molecule has 0 N–H and O–H groups in total. The van der Waals surface area contributed by atoms with E-state index in [2.05, 4.69) is 87.5 Å². The molecule has 5 rings (SSSR count).